The summed E-state index contributed by atoms with van der Waals surface area (Å²) in [6.07, 6.45) is 1.49. The van der Waals surface area contributed by atoms with Crippen LogP contribution in [0.15, 0.2) is 22.6 Å². The summed E-state index contributed by atoms with van der Waals surface area (Å²) in [4.78, 5) is 10.5. The molecule has 7 nitrogen and oxygen atoms in total. The van der Waals surface area contributed by atoms with Gasteiger partial charge in [-0.05, 0) is 31.6 Å². The number of aryl methyl sites for hydroxylation is 1. The third kappa shape index (κ3) is 3.99. The molecule has 8 heteroatoms. The maximum absolute atomic E-state index is 11.0. The summed E-state index contributed by atoms with van der Waals surface area (Å²) in [7, 11) is 0. The fourth-order valence-corrected chi connectivity index (χ4v) is 2.01. The van der Waals surface area contributed by atoms with Crippen LogP contribution in [0.5, 0.6) is 0 Å². The molecule has 0 radical (unpaired) electrons. The van der Waals surface area contributed by atoms with Gasteiger partial charge in [-0.1, -0.05) is 18.5 Å². The summed E-state index contributed by atoms with van der Waals surface area (Å²) in [5, 5.41) is 22.3. The van der Waals surface area contributed by atoms with Crippen LogP contribution >= 0.6 is 11.6 Å². The van der Waals surface area contributed by atoms with Crippen molar-refractivity contribution < 1.29 is 9.34 Å². The molecule has 0 saturated heterocycles. The Labute approximate surface area is 126 Å². The van der Waals surface area contributed by atoms with E-state index in [4.69, 9.17) is 16.0 Å². The monoisotopic (exact) mass is 310 g/mol. The molecular formula is C13H15ClN4O3. The average molecular weight is 311 g/mol. The smallest absolute Gasteiger partial charge is 0.283 e. The standard InChI is InChI=1S/C13H15ClN4O3/c1-2-15-7-3-4-12-16-17-13(21-12)10-6-5-9(14)8-11(10)18(19)20/h5-6,8,15H,2-4,7H2,1H3. The first kappa shape index (κ1) is 15.4. The zero-order valence-electron chi connectivity index (χ0n) is 11.5. The maximum Gasteiger partial charge on any atom is 0.283 e. The number of hydrogen-bond acceptors (Lipinski definition) is 6. The summed E-state index contributed by atoms with van der Waals surface area (Å²) in [6.45, 7) is 3.80. The predicted octanol–water partition coefficient (Wildman–Crippen LogP) is 2.84. The molecule has 0 unspecified atom stereocenters. The molecule has 1 aromatic heterocycles. The fourth-order valence-electron chi connectivity index (χ4n) is 1.84. The molecule has 0 atom stereocenters. The first-order chi connectivity index (χ1) is 10.1. The Morgan fingerprint density at radius 1 is 1.43 bits per heavy atom. The molecule has 1 heterocycles. The van der Waals surface area contributed by atoms with Crippen LogP contribution in [-0.2, 0) is 6.42 Å². The van der Waals surface area contributed by atoms with Gasteiger partial charge in [-0.25, -0.2) is 0 Å². The van der Waals surface area contributed by atoms with E-state index in [1.54, 1.807) is 6.07 Å². The minimum atomic E-state index is -0.518. The third-order valence-corrected chi connectivity index (χ3v) is 3.08. The highest BCUT2D eigenvalue weighted by molar-refractivity contribution is 6.30. The summed E-state index contributed by atoms with van der Waals surface area (Å²) in [5.41, 5.74) is 0.125. The SMILES string of the molecule is CCNCCCc1nnc(-c2ccc(Cl)cc2[N+](=O)[O-])o1. The van der Waals surface area contributed by atoms with Gasteiger partial charge in [-0.15, -0.1) is 10.2 Å². The summed E-state index contributed by atoms with van der Waals surface area (Å²) in [6, 6.07) is 4.33. The number of aromatic nitrogens is 2. The van der Waals surface area contributed by atoms with E-state index >= 15 is 0 Å². The lowest BCUT2D eigenvalue weighted by atomic mass is 10.2. The summed E-state index contributed by atoms with van der Waals surface area (Å²) >= 11 is 5.77. The highest BCUT2D eigenvalue weighted by atomic mass is 35.5. The Morgan fingerprint density at radius 3 is 2.95 bits per heavy atom. The molecular weight excluding hydrogens is 296 g/mol. The lowest BCUT2D eigenvalue weighted by molar-refractivity contribution is -0.384. The Morgan fingerprint density at radius 2 is 2.24 bits per heavy atom. The van der Waals surface area contributed by atoms with Crippen LogP contribution in [0.2, 0.25) is 5.02 Å². The van der Waals surface area contributed by atoms with E-state index in [0.717, 1.165) is 19.5 Å². The lowest BCUT2D eigenvalue weighted by Gasteiger charge is -1.99. The van der Waals surface area contributed by atoms with Crippen LogP contribution in [0, 0.1) is 10.1 Å². The Bertz CT molecular complexity index is 630. The molecule has 112 valence electrons. The van der Waals surface area contributed by atoms with Gasteiger partial charge < -0.3 is 9.73 Å². The van der Waals surface area contributed by atoms with Crippen molar-refractivity contribution in [2.45, 2.75) is 19.8 Å². The van der Waals surface area contributed by atoms with Crippen LogP contribution in [-0.4, -0.2) is 28.2 Å². The second-order valence-electron chi connectivity index (χ2n) is 4.38. The van der Waals surface area contributed by atoms with Gasteiger partial charge in [0.15, 0.2) is 0 Å². The largest absolute Gasteiger partial charge is 0.420 e. The van der Waals surface area contributed by atoms with Crippen LogP contribution < -0.4 is 5.32 Å². The van der Waals surface area contributed by atoms with Gasteiger partial charge in [-0.3, -0.25) is 10.1 Å². The number of nitrogens with zero attached hydrogens (tertiary/aromatic N) is 3. The molecule has 1 aromatic carbocycles. The Balaban J connectivity index is 2.16. The zero-order chi connectivity index (χ0) is 15.2. The maximum atomic E-state index is 11.0. The predicted molar refractivity (Wildman–Crippen MR) is 78.3 cm³/mol. The molecule has 1 N–H and O–H groups in total. The van der Waals surface area contributed by atoms with Crippen molar-refractivity contribution in [3.63, 3.8) is 0 Å². The molecule has 2 rings (SSSR count). The minimum Gasteiger partial charge on any atom is -0.420 e. The number of halogens is 1. The van der Waals surface area contributed by atoms with Crippen LogP contribution in [0.1, 0.15) is 19.2 Å². The number of nitro benzene ring substituents is 1. The van der Waals surface area contributed by atoms with Gasteiger partial charge in [0.1, 0.15) is 5.56 Å². The molecule has 21 heavy (non-hydrogen) atoms. The van der Waals surface area contributed by atoms with Crippen LogP contribution in [0.25, 0.3) is 11.5 Å². The lowest BCUT2D eigenvalue weighted by Crippen LogP contribution is -2.14. The Hall–Kier alpha value is -1.99. The highest BCUT2D eigenvalue weighted by Gasteiger charge is 2.20. The Kier molecular flexibility index (Phi) is 5.24. The van der Waals surface area contributed by atoms with E-state index in [1.165, 1.54) is 12.1 Å². The minimum absolute atomic E-state index is 0.136. The number of rotatable bonds is 7. The van der Waals surface area contributed by atoms with Crippen molar-refractivity contribution in [2.24, 2.45) is 0 Å². The number of nitro groups is 1. The third-order valence-electron chi connectivity index (χ3n) is 2.85. The van der Waals surface area contributed by atoms with E-state index in [1.807, 2.05) is 6.92 Å². The molecule has 0 aliphatic heterocycles. The second kappa shape index (κ2) is 7.14. The van der Waals surface area contributed by atoms with Crippen molar-refractivity contribution >= 4 is 17.3 Å². The quantitative estimate of drug-likeness (QED) is 0.480. The van der Waals surface area contributed by atoms with Gasteiger partial charge in [0.05, 0.1) is 4.92 Å². The van der Waals surface area contributed by atoms with E-state index in [2.05, 4.69) is 15.5 Å². The molecule has 0 saturated carbocycles. The van der Waals surface area contributed by atoms with E-state index in [-0.39, 0.29) is 22.2 Å². The van der Waals surface area contributed by atoms with E-state index in [0.29, 0.717) is 12.3 Å². The van der Waals surface area contributed by atoms with Gasteiger partial charge in [0.25, 0.3) is 11.6 Å². The average Bonchev–Trinajstić information content (AvgIpc) is 2.92. The molecule has 0 bridgehead atoms. The first-order valence-electron chi connectivity index (χ1n) is 6.59. The first-order valence-corrected chi connectivity index (χ1v) is 6.97. The molecule has 0 fully saturated rings. The number of nitrogens with one attached hydrogen (secondary N) is 1. The van der Waals surface area contributed by atoms with Gasteiger partial charge in [0, 0.05) is 17.5 Å². The summed E-state index contributed by atoms with van der Waals surface area (Å²) < 4.78 is 5.48. The fraction of sp³-hybridized carbons (Fsp3) is 0.385. The molecule has 0 amide bonds. The van der Waals surface area contributed by atoms with E-state index < -0.39 is 4.92 Å². The zero-order valence-corrected chi connectivity index (χ0v) is 12.3. The van der Waals surface area contributed by atoms with Crippen molar-refractivity contribution in [1.29, 1.82) is 0 Å². The number of benzene rings is 1. The van der Waals surface area contributed by atoms with Crippen molar-refractivity contribution in [3.8, 4) is 11.5 Å². The van der Waals surface area contributed by atoms with Gasteiger partial charge in [0.2, 0.25) is 5.89 Å². The van der Waals surface area contributed by atoms with Gasteiger partial charge in [-0.2, -0.15) is 0 Å². The normalized spacial score (nSPS) is 10.8. The van der Waals surface area contributed by atoms with E-state index in [9.17, 15) is 10.1 Å². The van der Waals surface area contributed by atoms with Gasteiger partial charge >= 0.3 is 0 Å². The van der Waals surface area contributed by atoms with Crippen molar-refractivity contribution in [3.05, 3.63) is 39.2 Å². The molecule has 2 aromatic rings. The second-order valence-corrected chi connectivity index (χ2v) is 4.81. The number of hydrogen-bond donors (Lipinski definition) is 1. The topological polar surface area (TPSA) is 94.1 Å². The van der Waals surface area contributed by atoms with Crippen LogP contribution in [0.4, 0.5) is 5.69 Å². The van der Waals surface area contributed by atoms with Crippen molar-refractivity contribution in [2.75, 3.05) is 13.1 Å². The molecule has 0 aliphatic carbocycles. The van der Waals surface area contributed by atoms with Crippen LogP contribution in [0.3, 0.4) is 0 Å². The highest BCUT2D eigenvalue weighted by Crippen LogP contribution is 2.31. The summed E-state index contributed by atoms with van der Waals surface area (Å²) in [5.74, 6) is 0.601. The molecule has 0 spiro atoms. The van der Waals surface area contributed by atoms with Crippen molar-refractivity contribution in [1.82, 2.24) is 15.5 Å². The molecule has 0 aliphatic rings.